The van der Waals surface area contributed by atoms with Gasteiger partial charge in [-0.25, -0.2) is 4.99 Å². The summed E-state index contributed by atoms with van der Waals surface area (Å²) >= 11 is 5.75. The van der Waals surface area contributed by atoms with Crippen LogP contribution in [0.5, 0.6) is 0 Å². The zero-order valence-electron chi connectivity index (χ0n) is 9.26. The fourth-order valence-electron chi connectivity index (χ4n) is 1.61. The zero-order chi connectivity index (χ0) is 10.6. The number of hydrogen-bond donors (Lipinski definition) is 0. The molecule has 0 aliphatic carbocycles. The van der Waals surface area contributed by atoms with E-state index in [1.54, 1.807) is 0 Å². The van der Waals surface area contributed by atoms with Crippen LogP contribution < -0.4 is 0 Å². The Morgan fingerprint density at radius 2 is 2.29 bits per heavy atom. The van der Waals surface area contributed by atoms with Crippen molar-refractivity contribution >= 4 is 17.9 Å². The summed E-state index contributed by atoms with van der Waals surface area (Å²) in [5.74, 6) is 1.37. The molecule has 1 heterocycles. The van der Waals surface area contributed by atoms with Crippen molar-refractivity contribution in [3.05, 3.63) is 11.3 Å². The Hall–Kier alpha value is -0.500. The van der Waals surface area contributed by atoms with Crippen molar-refractivity contribution in [3.8, 4) is 0 Å². The molecule has 0 atom stereocenters. The number of aliphatic imine (C=N–C) groups is 1. The molecule has 0 saturated heterocycles. The summed E-state index contributed by atoms with van der Waals surface area (Å²) in [6.07, 6.45) is 2.91. The Kier molecular flexibility index (Phi) is 4.46. The first kappa shape index (κ1) is 11.6. The Labute approximate surface area is 91.7 Å². The van der Waals surface area contributed by atoms with E-state index in [0.717, 1.165) is 25.2 Å². The Morgan fingerprint density at radius 1 is 1.57 bits per heavy atom. The largest absolute Gasteiger partial charge is 0.358 e. The maximum Gasteiger partial charge on any atom is 0.0911 e. The predicted molar refractivity (Wildman–Crippen MR) is 62.9 cm³/mol. The normalized spacial score (nSPS) is 17.1. The monoisotopic (exact) mass is 214 g/mol. The Bertz CT molecular complexity index is 244. The van der Waals surface area contributed by atoms with Crippen molar-refractivity contribution in [1.82, 2.24) is 4.90 Å². The molecule has 14 heavy (non-hydrogen) atoms. The van der Waals surface area contributed by atoms with Crippen molar-refractivity contribution < 1.29 is 0 Å². The van der Waals surface area contributed by atoms with E-state index in [0.29, 0.717) is 11.8 Å². The summed E-state index contributed by atoms with van der Waals surface area (Å²) in [7, 11) is 0. The average molecular weight is 215 g/mol. The minimum atomic E-state index is 0.678. The van der Waals surface area contributed by atoms with E-state index in [2.05, 4.69) is 30.7 Å². The molecule has 0 aromatic rings. The molecule has 0 aromatic heterocycles. The molecule has 0 fully saturated rings. The van der Waals surface area contributed by atoms with Crippen LogP contribution in [0.3, 0.4) is 0 Å². The van der Waals surface area contributed by atoms with E-state index in [4.69, 9.17) is 11.6 Å². The minimum absolute atomic E-state index is 0.678. The number of halogens is 1. The van der Waals surface area contributed by atoms with Gasteiger partial charge in [0, 0.05) is 24.7 Å². The molecular formula is C11H19ClN2. The second-order valence-corrected chi connectivity index (χ2v) is 4.57. The first-order valence-corrected chi connectivity index (χ1v) is 5.69. The van der Waals surface area contributed by atoms with Gasteiger partial charge in [0.05, 0.1) is 6.34 Å². The molecule has 0 N–H and O–H groups in total. The van der Waals surface area contributed by atoms with Crippen LogP contribution in [0.2, 0.25) is 0 Å². The number of allylic oxidation sites excluding steroid dienone is 1. The average Bonchev–Trinajstić information content (AvgIpc) is 2.10. The van der Waals surface area contributed by atoms with Crippen LogP contribution in [0.1, 0.15) is 27.2 Å². The highest BCUT2D eigenvalue weighted by atomic mass is 35.5. The number of nitrogens with zero attached hydrogens (tertiary/aromatic N) is 2. The third kappa shape index (κ3) is 3.33. The van der Waals surface area contributed by atoms with Gasteiger partial charge in [-0.1, -0.05) is 13.8 Å². The van der Waals surface area contributed by atoms with Gasteiger partial charge in [-0.3, -0.25) is 0 Å². The third-order valence-electron chi connectivity index (χ3n) is 2.32. The van der Waals surface area contributed by atoms with Crippen LogP contribution in [0, 0.1) is 5.92 Å². The summed E-state index contributed by atoms with van der Waals surface area (Å²) in [6, 6.07) is 0. The first-order valence-electron chi connectivity index (χ1n) is 5.16. The van der Waals surface area contributed by atoms with Crippen LogP contribution in [-0.4, -0.2) is 30.2 Å². The van der Waals surface area contributed by atoms with Crippen molar-refractivity contribution in [2.75, 3.05) is 19.0 Å². The van der Waals surface area contributed by atoms with Gasteiger partial charge in [-0.2, -0.15) is 0 Å². The van der Waals surface area contributed by atoms with Crippen LogP contribution in [0.4, 0.5) is 0 Å². The second-order valence-electron chi connectivity index (χ2n) is 4.20. The molecule has 1 aliphatic rings. The maximum absolute atomic E-state index is 5.75. The minimum Gasteiger partial charge on any atom is -0.358 e. The Morgan fingerprint density at radius 3 is 2.86 bits per heavy atom. The molecule has 0 saturated carbocycles. The van der Waals surface area contributed by atoms with Crippen molar-refractivity contribution in [3.63, 3.8) is 0 Å². The lowest BCUT2D eigenvalue weighted by Crippen LogP contribution is -2.31. The molecule has 0 radical (unpaired) electrons. The molecule has 80 valence electrons. The number of rotatable bonds is 4. The number of alkyl halides is 1. The molecule has 2 nitrogen and oxygen atoms in total. The van der Waals surface area contributed by atoms with Crippen molar-refractivity contribution in [2.24, 2.45) is 10.9 Å². The van der Waals surface area contributed by atoms with Gasteiger partial charge in [-0.05, 0) is 24.8 Å². The summed E-state index contributed by atoms with van der Waals surface area (Å²) in [5, 5.41) is 0. The fraction of sp³-hybridized carbons (Fsp3) is 0.727. The van der Waals surface area contributed by atoms with E-state index >= 15 is 0 Å². The van der Waals surface area contributed by atoms with E-state index < -0.39 is 0 Å². The van der Waals surface area contributed by atoms with Crippen molar-refractivity contribution in [2.45, 2.75) is 27.2 Å². The summed E-state index contributed by atoms with van der Waals surface area (Å²) in [4.78, 5) is 6.65. The van der Waals surface area contributed by atoms with E-state index in [9.17, 15) is 0 Å². The van der Waals surface area contributed by atoms with E-state index in [1.165, 1.54) is 5.57 Å². The standard InChI is InChI=1S/C11H19ClN2/c1-9(2)6-14-7-11(4-5-12)10(3)13-8-14/h8-9H,4-7H2,1-3H3. The quantitative estimate of drug-likeness (QED) is 0.658. The molecule has 1 rings (SSSR count). The van der Waals surface area contributed by atoms with Gasteiger partial charge in [0.1, 0.15) is 0 Å². The highest BCUT2D eigenvalue weighted by Gasteiger charge is 2.12. The molecule has 0 bridgehead atoms. The van der Waals surface area contributed by atoms with Gasteiger partial charge >= 0.3 is 0 Å². The lowest BCUT2D eigenvalue weighted by atomic mass is 10.1. The van der Waals surface area contributed by atoms with Crippen LogP contribution >= 0.6 is 11.6 Å². The molecule has 0 unspecified atom stereocenters. The van der Waals surface area contributed by atoms with Gasteiger partial charge in [0.25, 0.3) is 0 Å². The lowest BCUT2D eigenvalue weighted by Gasteiger charge is -2.26. The molecule has 1 aliphatic heterocycles. The van der Waals surface area contributed by atoms with Crippen molar-refractivity contribution in [1.29, 1.82) is 0 Å². The first-order chi connectivity index (χ1) is 6.63. The predicted octanol–water partition coefficient (Wildman–Crippen LogP) is 2.89. The third-order valence-corrected chi connectivity index (χ3v) is 2.51. The van der Waals surface area contributed by atoms with E-state index in [1.807, 2.05) is 6.34 Å². The molecule has 0 amide bonds. The highest BCUT2D eigenvalue weighted by Crippen LogP contribution is 2.16. The molecule has 0 spiro atoms. The highest BCUT2D eigenvalue weighted by molar-refractivity contribution is 6.18. The summed E-state index contributed by atoms with van der Waals surface area (Å²) in [5.41, 5.74) is 2.52. The summed E-state index contributed by atoms with van der Waals surface area (Å²) < 4.78 is 0. The lowest BCUT2D eigenvalue weighted by molar-refractivity contribution is 0.390. The second kappa shape index (κ2) is 5.40. The maximum atomic E-state index is 5.75. The Balaban J connectivity index is 2.55. The zero-order valence-corrected chi connectivity index (χ0v) is 10.0. The SMILES string of the molecule is CC1=C(CCCl)CN(CC(C)C)C=N1. The van der Waals surface area contributed by atoms with Crippen LogP contribution in [0.25, 0.3) is 0 Å². The summed E-state index contributed by atoms with van der Waals surface area (Å²) in [6.45, 7) is 8.58. The number of hydrogen-bond acceptors (Lipinski definition) is 2. The molecule has 0 aromatic carbocycles. The van der Waals surface area contributed by atoms with Gasteiger partial charge in [0.15, 0.2) is 0 Å². The van der Waals surface area contributed by atoms with E-state index in [-0.39, 0.29) is 0 Å². The van der Waals surface area contributed by atoms with Crippen LogP contribution in [0.15, 0.2) is 16.3 Å². The van der Waals surface area contributed by atoms with Gasteiger partial charge in [0.2, 0.25) is 0 Å². The smallest absolute Gasteiger partial charge is 0.0911 e. The fourth-order valence-corrected chi connectivity index (χ4v) is 1.84. The molecular weight excluding hydrogens is 196 g/mol. The van der Waals surface area contributed by atoms with Gasteiger partial charge < -0.3 is 4.90 Å². The topological polar surface area (TPSA) is 15.6 Å². The molecule has 3 heteroatoms. The van der Waals surface area contributed by atoms with Crippen LogP contribution in [-0.2, 0) is 0 Å². The van der Waals surface area contributed by atoms with Gasteiger partial charge in [-0.15, -0.1) is 11.6 Å².